The second kappa shape index (κ2) is 7.28. The summed E-state index contributed by atoms with van der Waals surface area (Å²) < 4.78 is 0. The minimum absolute atomic E-state index is 0.151. The molecule has 17 heavy (non-hydrogen) atoms. The van der Waals surface area contributed by atoms with Gasteiger partial charge in [0.05, 0.1) is 12.2 Å². The third-order valence-corrected chi connectivity index (χ3v) is 2.81. The molecular formula is C13H19ClN2O. The lowest BCUT2D eigenvalue weighted by Gasteiger charge is -2.16. The first-order chi connectivity index (χ1) is 8.13. The molecule has 0 unspecified atom stereocenters. The van der Waals surface area contributed by atoms with Gasteiger partial charge in [-0.05, 0) is 31.9 Å². The molecule has 0 radical (unpaired) electrons. The average Bonchev–Trinajstić information content (AvgIpc) is 2.29. The lowest BCUT2D eigenvalue weighted by molar-refractivity contribution is -0.130. The average molecular weight is 255 g/mol. The van der Waals surface area contributed by atoms with E-state index in [0.717, 1.165) is 24.2 Å². The molecular weight excluding hydrogens is 236 g/mol. The summed E-state index contributed by atoms with van der Waals surface area (Å²) in [5.74, 6) is 0.773. The van der Waals surface area contributed by atoms with E-state index in [1.165, 1.54) is 0 Å². The fraction of sp³-hybridized carbons (Fsp3) is 0.538. The number of halogens is 1. The van der Waals surface area contributed by atoms with Gasteiger partial charge < -0.3 is 4.90 Å². The molecule has 3 nitrogen and oxygen atoms in total. The third-order valence-electron chi connectivity index (χ3n) is 2.55. The SMILES string of the molecule is Cc1cccc(CN(C)C(=O)CCCCCl)n1. The molecule has 1 rings (SSSR count). The normalized spacial score (nSPS) is 10.3. The van der Waals surface area contributed by atoms with Crippen molar-refractivity contribution in [3.63, 3.8) is 0 Å². The molecule has 0 atom stereocenters. The van der Waals surface area contributed by atoms with Crippen LogP contribution in [0, 0.1) is 6.92 Å². The molecule has 0 aliphatic carbocycles. The predicted octanol–water partition coefficient (Wildman–Crippen LogP) is 2.76. The van der Waals surface area contributed by atoms with Crippen molar-refractivity contribution in [2.24, 2.45) is 0 Å². The summed E-state index contributed by atoms with van der Waals surface area (Å²) in [5, 5.41) is 0. The second-order valence-corrected chi connectivity index (χ2v) is 4.54. The van der Waals surface area contributed by atoms with Crippen LogP contribution in [0.25, 0.3) is 0 Å². The van der Waals surface area contributed by atoms with E-state index in [-0.39, 0.29) is 5.91 Å². The summed E-state index contributed by atoms with van der Waals surface area (Å²) in [4.78, 5) is 17.9. The van der Waals surface area contributed by atoms with Crippen LogP contribution < -0.4 is 0 Å². The van der Waals surface area contributed by atoms with E-state index >= 15 is 0 Å². The first-order valence-corrected chi connectivity index (χ1v) is 6.39. The number of aryl methyl sites for hydroxylation is 1. The second-order valence-electron chi connectivity index (χ2n) is 4.17. The molecule has 0 fully saturated rings. The zero-order valence-electron chi connectivity index (χ0n) is 10.4. The Morgan fingerprint density at radius 1 is 1.41 bits per heavy atom. The van der Waals surface area contributed by atoms with Crippen molar-refractivity contribution >= 4 is 17.5 Å². The number of aromatic nitrogens is 1. The van der Waals surface area contributed by atoms with Gasteiger partial charge in [0.25, 0.3) is 0 Å². The molecule has 1 amide bonds. The van der Waals surface area contributed by atoms with E-state index in [1.54, 1.807) is 4.90 Å². The van der Waals surface area contributed by atoms with E-state index in [1.807, 2.05) is 32.2 Å². The van der Waals surface area contributed by atoms with Gasteiger partial charge >= 0.3 is 0 Å². The van der Waals surface area contributed by atoms with Gasteiger partial charge in [-0.2, -0.15) is 0 Å². The molecule has 1 aromatic heterocycles. The van der Waals surface area contributed by atoms with E-state index in [2.05, 4.69) is 4.98 Å². The monoisotopic (exact) mass is 254 g/mol. The maximum Gasteiger partial charge on any atom is 0.222 e. The minimum atomic E-state index is 0.151. The highest BCUT2D eigenvalue weighted by atomic mass is 35.5. The Labute approximate surface area is 108 Å². The van der Waals surface area contributed by atoms with E-state index < -0.39 is 0 Å². The number of hydrogen-bond donors (Lipinski definition) is 0. The predicted molar refractivity (Wildman–Crippen MR) is 70.0 cm³/mol. The largest absolute Gasteiger partial charge is 0.340 e. The zero-order valence-corrected chi connectivity index (χ0v) is 11.2. The Morgan fingerprint density at radius 2 is 2.18 bits per heavy atom. The van der Waals surface area contributed by atoms with Gasteiger partial charge in [-0.3, -0.25) is 9.78 Å². The van der Waals surface area contributed by atoms with E-state index in [4.69, 9.17) is 11.6 Å². The molecule has 0 saturated heterocycles. The van der Waals surface area contributed by atoms with Gasteiger partial charge in [-0.15, -0.1) is 11.6 Å². The van der Waals surface area contributed by atoms with Crippen LogP contribution in [0.4, 0.5) is 0 Å². The Hall–Kier alpha value is -1.09. The lowest BCUT2D eigenvalue weighted by Crippen LogP contribution is -2.26. The molecule has 0 aliphatic heterocycles. The van der Waals surface area contributed by atoms with Crippen LogP contribution in [0.5, 0.6) is 0 Å². The molecule has 1 aromatic rings. The number of carbonyl (C=O) groups is 1. The van der Waals surface area contributed by atoms with Gasteiger partial charge in [0.15, 0.2) is 0 Å². The maximum absolute atomic E-state index is 11.8. The van der Waals surface area contributed by atoms with Gasteiger partial charge in [0.2, 0.25) is 5.91 Å². The highest BCUT2D eigenvalue weighted by Gasteiger charge is 2.09. The van der Waals surface area contributed by atoms with Gasteiger partial charge in [-0.25, -0.2) is 0 Å². The Kier molecular flexibility index (Phi) is 5.98. The summed E-state index contributed by atoms with van der Waals surface area (Å²) >= 11 is 5.58. The van der Waals surface area contributed by atoms with Crippen LogP contribution in [0.15, 0.2) is 18.2 Å². The maximum atomic E-state index is 11.8. The molecule has 1 heterocycles. The number of amides is 1. The summed E-state index contributed by atoms with van der Waals surface area (Å²) in [5.41, 5.74) is 1.91. The fourth-order valence-electron chi connectivity index (χ4n) is 1.58. The lowest BCUT2D eigenvalue weighted by atomic mass is 10.2. The number of unbranched alkanes of at least 4 members (excludes halogenated alkanes) is 1. The van der Waals surface area contributed by atoms with Gasteiger partial charge in [0.1, 0.15) is 0 Å². The molecule has 0 aromatic carbocycles. The Balaban J connectivity index is 2.43. The fourth-order valence-corrected chi connectivity index (χ4v) is 1.77. The molecule has 0 saturated carbocycles. The smallest absolute Gasteiger partial charge is 0.222 e. The van der Waals surface area contributed by atoms with Gasteiger partial charge in [0, 0.05) is 25.0 Å². The van der Waals surface area contributed by atoms with Crippen LogP contribution in [0.1, 0.15) is 30.7 Å². The first kappa shape index (κ1) is 14.0. The zero-order chi connectivity index (χ0) is 12.7. The molecule has 4 heteroatoms. The number of carbonyl (C=O) groups excluding carboxylic acids is 1. The summed E-state index contributed by atoms with van der Waals surface area (Å²) in [6.07, 6.45) is 2.31. The Bertz CT molecular complexity index is 368. The highest BCUT2D eigenvalue weighted by molar-refractivity contribution is 6.17. The van der Waals surface area contributed by atoms with Crippen molar-refractivity contribution in [1.29, 1.82) is 0 Å². The molecule has 94 valence electrons. The number of rotatable bonds is 6. The third kappa shape index (κ3) is 5.18. The van der Waals surface area contributed by atoms with Crippen molar-refractivity contribution in [3.05, 3.63) is 29.6 Å². The number of hydrogen-bond acceptors (Lipinski definition) is 2. The summed E-state index contributed by atoms with van der Waals surface area (Å²) in [7, 11) is 1.81. The van der Waals surface area contributed by atoms with Crippen LogP contribution in [-0.4, -0.2) is 28.7 Å². The van der Waals surface area contributed by atoms with Crippen molar-refractivity contribution < 1.29 is 4.79 Å². The summed E-state index contributed by atoms with van der Waals surface area (Å²) in [6, 6.07) is 5.85. The number of pyridine rings is 1. The van der Waals surface area contributed by atoms with Crippen LogP contribution in [-0.2, 0) is 11.3 Å². The number of nitrogens with zero attached hydrogens (tertiary/aromatic N) is 2. The van der Waals surface area contributed by atoms with E-state index in [9.17, 15) is 4.79 Å². The van der Waals surface area contributed by atoms with Crippen molar-refractivity contribution in [2.75, 3.05) is 12.9 Å². The van der Waals surface area contributed by atoms with Crippen molar-refractivity contribution in [3.8, 4) is 0 Å². The summed E-state index contributed by atoms with van der Waals surface area (Å²) in [6.45, 7) is 2.52. The van der Waals surface area contributed by atoms with Crippen LogP contribution >= 0.6 is 11.6 Å². The van der Waals surface area contributed by atoms with E-state index in [0.29, 0.717) is 18.8 Å². The number of alkyl halides is 1. The van der Waals surface area contributed by atoms with Gasteiger partial charge in [-0.1, -0.05) is 6.07 Å². The van der Waals surface area contributed by atoms with Crippen LogP contribution in [0.2, 0.25) is 0 Å². The topological polar surface area (TPSA) is 33.2 Å². The quantitative estimate of drug-likeness (QED) is 0.578. The minimum Gasteiger partial charge on any atom is -0.340 e. The molecule has 0 N–H and O–H groups in total. The molecule has 0 aliphatic rings. The van der Waals surface area contributed by atoms with Crippen molar-refractivity contribution in [2.45, 2.75) is 32.7 Å². The highest BCUT2D eigenvalue weighted by Crippen LogP contribution is 2.05. The Morgan fingerprint density at radius 3 is 2.82 bits per heavy atom. The standard InChI is InChI=1S/C13H19ClN2O/c1-11-6-5-7-12(15-11)10-16(2)13(17)8-3-4-9-14/h5-7H,3-4,8-10H2,1-2H3. The molecule has 0 spiro atoms. The van der Waals surface area contributed by atoms with Crippen LogP contribution in [0.3, 0.4) is 0 Å². The van der Waals surface area contributed by atoms with Crippen molar-refractivity contribution in [1.82, 2.24) is 9.88 Å². The first-order valence-electron chi connectivity index (χ1n) is 5.86. The molecule has 0 bridgehead atoms.